The van der Waals surface area contributed by atoms with Crippen LogP contribution in [0.25, 0.3) is 0 Å². The number of sulfonamides is 1. The van der Waals surface area contributed by atoms with E-state index >= 15 is 0 Å². The van der Waals surface area contributed by atoms with Gasteiger partial charge in [-0.25, -0.2) is 21.2 Å². The lowest BCUT2D eigenvalue weighted by atomic mass is 10.2. The zero-order chi connectivity index (χ0) is 20.7. The highest BCUT2D eigenvalue weighted by Crippen LogP contribution is 2.33. The lowest BCUT2D eigenvalue weighted by molar-refractivity contribution is 0.345. The average Bonchev–Trinajstić information content (AvgIpc) is 2.65. The van der Waals surface area contributed by atoms with Crippen LogP contribution in [0.2, 0.25) is 10.0 Å². The highest BCUT2D eigenvalue weighted by Gasteiger charge is 2.36. The number of halogens is 3. The van der Waals surface area contributed by atoms with Crippen LogP contribution in [0.4, 0.5) is 4.39 Å². The Kier molecular flexibility index (Phi) is 6.08. The molecule has 0 aliphatic carbocycles. The van der Waals surface area contributed by atoms with Crippen molar-refractivity contribution >= 4 is 43.1 Å². The summed E-state index contributed by atoms with van der Waals surface area (Å²) in [7, 11) is -7.54. The number of hydrogen-bond donors (Lipinski definition) is 0. The summed E-state index contributed by atoms with van der Waals surface area (Å²) in [5.74, 6) is -0.519. The van der Waals surface area contributed by atoms with Gasteiger partial charge in [0.2, 0.25) is 10.0 Å². The predicted octanol–water partition coefficient (Wildman–Crippen LogP) is 4.07. The summed E-state index contributed by atoms with van der Waals surface area (Å²) in [6.45, 7) is 1.77. The van der Waals surface area contributed by atoms with E-state index in [1.165, 1.54) is 28.6 Å². The monoisotopic (exact) mass is 465 g/mol. The fourth-order valence-corrected chi connectivity index (χ4v) is 7.18. The van der Waals surface area contributed by atoms with Crippen molar-refractivity contribution in [2.45, 2.75) is 34.8 Å². The topological polar surface area (TPSA) is 71.5 Å². The molecule has 0 N–H and O–H groups in total. The largest absolute Gasteiger partial charge is 0.244 e. The van der Waals surface area contributed by atoms with Gasteiger partial charge in [0.05, 0.1) is 15.2 Å². The van der Waals surface area contributed by atoms with Gasteiger partial charge in [-0.2, -0.15) is 4.31 Å². The maximum atomic E-state index is 13.1. The normalized spacial score (nSPS) is 17.0. The maximum absolute atomic E-state index is 13.1. The third-order valence-corrected chi connectivity index (χ3v) is 9.86. The molecule has 2 aromatic carbocycles. The first-order valence-corrected chi connectivity index (χ1v) is 12.2. The molecule has 1 heterocycles. The average molecular weight is 466 g/mol. The first-order chi connectivity index (χ1) is 13.0. The zero-order valence-electron chi connectivity index (χ0n) is 14.9. The number of aryl methyl sites for hydroxylation is 1. The van der Waals surface area contributed by atoms with Gasteiger partial charge < -0.3 is 0 Å². The Balaban J connectivity index is 1.80. The Morgan fingerprint density at radius 2 is 1.54 bits per heavy atom. The van der Waals surface area contributed by atoms with Crippen molar-refractivity contribution in [3.8, 4) is 0 Å². The minimum atomic E-state index is -3.87. The van der Waals surface area contributed by atoms with Crippen LogP contribution >= 0.6 is 23.2 Å². The molecule has 1 aliphatic rings. The van der Waals surface area contributed by atoms with Gasteiger partial charge in [0.15, 0.2) is 9.84 Å². The van der Waals surface area contributed by atoms with Crippen LogP contribution in [0.1, 0.15) is 18.4 Å². The maximum Gasteiger partial charge on any atom is 0.244 e. The molecular weight excluding hydrogens is 448 g/mol. The summed E-state index contributed by atoms with van der Waals surface area (Å²) in [4.78, 5) is -0.0116. The molecule has 0 radical (unpaired) electrons. The van der Waals surface area contributed by atoms with Gasteiger partial charge >= 0.3 is 0 Å². The van der Waals surface area contributed by atoms with Crippen molar-refractivity contribution in [2.75, 3.05) is 13.1 Å². The smallest absolute Gasteiger partial charge is 0.223 e. The Labute approximate surface area is 174 Å². The van der Waals surface area contributed by atoms with Gasteiger partial charge in [-0.05, 0) is 61.7 Å². The van der Waals surface area contributed by atoms with Crippen LogP contribution in [0, 0.1) is 12.7 Å². The lowest BCUT2D eigenvalue weighted by Gasteiger charge is -2.31. The number of sulfone groups is 1. The molecule has 1 saturated heterocycles. The van der Waals surface area contributed by atoms with E-state index in [0.717, 1.165) is 12.1 Å². The SMILES string of the molecule is Cc1cc(S(=O)(=O)N2CCC(S(=O)(=O)c3ccc(F)cc3)CC2)c(Cl)cc1Cl. The number of benzene rings is 2. The summed E-state index contributed by atoms with van der Waals surface area (Å²) in [5.41, 5.74) is 0.582. The molecule has 152 valence electrons. The minimum absolute atomic E-state index is 0.0247. The summed E-state index contributed by atoms with van der Waals surface area (Å²) in [5, 5.41) is -0.337. The molecule has 5 nitrogen and oxygen atoms in total. The minimum Gasteiger partial charge on any atom is -0.223 e. The molecule has 0 aromatic heterocycles. The molecule has 0 saturated carbocycles. The third-order valence-electron chi connectivity index (χ3n) is 4.81. The Morgan fingerprint density at radius 3 is 2.11 bits per heavy atom. The van der Waals surface area contributed by atoms with Gasteiger partial charge in [0.25, 0.3) is 0 Å². The van der Waals surface area contributed by atoms with Crippen molar-refractivity contribution in [2.24, 2.45) is 0 Å². The fraction of sp³-hybridized carbons (Fsp3) is 0.333. The second-order valence-electron chi connectivity index (χ2n) is 6.63. The van der Waals surface area contributed by atoms with Crippen molar-refractivity contribution in [3.05, 3.63) is 57.8 Å². The van der Waals surface area contributed by atoms with E-state index in [0.29, 0.717) is 10.6 Å². The molecule has 28 heavy (non-hydrogen) atoms. The molecule has 2 aromatic rings. The highest BCUT2D eigenvalue weighted by atomic mass is 35.5. The lowest BCUT2D eigenvalue weighted by Crippen LogP contribution is -2.42. The van der Waals surface area contributed by atoms with Crippen LogP contribution in [-0.2, 0) is 19.9 Å². The summed E-state index contributed by atoms with van der Waals surface area (Å²) in [6, 6.07) is 7.45. The number of rotatable bonds is 4. The molecule has 0 atom stereocenters. The van der Waals surface area contributed by atoms with Crippen molar-refractivity contribution in [1.82, 2.24) is 4.31 Å². The molecule has 0 spiro atoms. The molecule has 10 heteroatoms. The fourth-order valence-electron chi connectivity index (χ4n) is 3.17. The van der Waals surface area contributed by atoms with E-state index in [9.17, 15) is 21.2 Å². The van der Waals surface area contributed by atoms with Crippen LogP contribution in [-0.4, -0.2) is 39.5 Å². The van der Waals surface area contributed by atoms with Crippen LogP contribution in [0.3, 0.4) is 0 Å². The van der Waals surface area contributed by atoms with Crippen molar-refractivity contribution in [1.29, 1.82) is 0 Å². The molecule has 1 fully saturated rings. The molecule has 3 rings (SSSR count). The molecule has 0 unspecified atom stereocenters. The summed E-state index contributed by atoms with van der Waals surface area (Å²) < 4.78 is 65.6. The second-order valence-corrected chi connectivity index (χ2v) is 11.6. The Bertz CT molecular complexity index is 1100. The van der Waals surface area contributed by atoms with E-state index < -0.39 is 30.9 Å². The number of hydrogen-bond acceptors (Lipinski definition) is 4. The standard InChI is InChI=1S/C18H18Cl2FNO4S2/c1-12-10-18(17(20)11-16(12)19)28(25,26)22-8-6-15(7-9-22)27(23,24)14-4-2-13(21)3-5-14/h2-5,10-11,15H,6-9H2,1H3. The van der Waals surface area contributed by atoms with E-state index in [4.69, 9.17) is 23.2 Å². The van der Waals surface area contributed by atoms with Crippen LogP contribution in [0.15, 0.2) is 46.2 Å². The van der Waals surface area contributed by atoms with E-state index in [-0.39, 0.29) is 40.7 Å². The quantitative estimate of drug-likeness (QED) is 0.637. The summed E-state index contributed by atoms with van der Waals surface area (Å²) >= 11 is 12.1. The van der Waals surface area contributed by atoms with E-state index in [1.54, 1.807) is 6.92 Å². The van der Waals surface area contributed by atoms with Gasteiger partial charge in [0.1, 0.15) is 10.7 Å². The van der Waals surface area contributed by atoms with Crippen molar-refractivity contribution < 1.29 is 21.2 Å². The Hall–Kier alpha value is -1.19. The first kappa shape index (κ1) is 21.5. The van der Waals surface area contributed by atoms with E-state index in [1.807, 2.05) is 0 Å². The van der Waals surface area contributed by atoms with Gasteiger partial charge in [-0.1, -0.05) is 23.2 Å². The highest BCUT2D eigenvalue weighted by molar-refractivity contribution is 7.92. The Morgan fingerprint density at radius 1 is 0.964 bits per heavy atom. The van der Waals surface area contributed by atoms with Crippen LogP contribution < -0.4 is 0 Å². The van der Waals surface area contributed by atoms with Gasteiger partial charge in [0, 0.05) is 18.1 Å². The number of nitrogens with zero attached hydrogens (tertiary/aromatic N) is 1. The molecular formula is C18H18Cl2FNO4S2. The predicted molar refractivity (Wildman–Crippen MR) is 107 cm³/mol. The molecule has 1 aliphatic heterocycles. The van der Waals surface area contributed by atoms with Gasteiger partial charge in [-0.3, -0.25) is 0 Å². The van der Waals surface area contributed by atoms with Crippen LogP contribution in [0.5, 0.6) is 0 Å². The van der Waals surface area contributed by atoms with Crippen molar-refractivity contribution in [3.63, 3.8) is 0 Å². The molecule has 0 amide bonds. The number of piperidine rings is 1. The molecule has 0 bridgehead atoms. The second kappa shape index (κ2) is 7.91. The third kappa shape index (κ3) is 4.07. The van der Waals surface area contributed by atoms with Gasteiger partial charge in [-0.15, -0.1) is 0 Å². The summed E-state index contributed by atoms with van der Waals surface area (Å²) in [6.07, 6.45) is 0.284. The zero-order valence-corrected chi connectivity index (χ0v) is 18.0. The first-order valence-electron chi connectivity index (χ1n) is 8.49. The van der Waals surface area contributed by atoms with E-state index in [2.05, 4.69) is 0 Å².